The number of hydrogen-bond donors (Lipinski definition) is 4. The molecule has 0 aliphatic heterocycles. The van der Waals surface area contributed by atoms with Crippen LogP contribution in [0.2, 0.25) is 0 Å². The molecular weight excluding hydrogens is 667 g/mol. The predicted octanol–water partition coefficient (Wildman–Crippen LogP) is 14.4. The molecule has 54 heavy (non-hydrogen) atoms. The Morgan fingerprint density at radius 1 is 0.444 bits per heavy atom. The van der Waals surface area contributed by atoms with Crippen molar-refractivity contribution in [3.8, 4) is 0 Å². The summed E-state index contributed by atoms with van der Waals surface area (Å²) in [4.78, 5) is 12.5. The molecule has 322 valence electrons. The molecule has 0 fully saturated rings. The Labute approximate surface area is 338 Å². The van der Waals surface area contributed by atoms with Crippen molar-refractivity contribution in [2.24, 2.45) is 0 Å². The zero-order valence-electron chi connectivity index (χ0n) is 36.6. The number of carbonyl (C=O) groups is 1. The molecule has 0 saturated heterocycles. The lowest BCUT2D eigenvalue weighted by molar-refractivity contribution is -0.124. The summed E-state index contributed by atoms with van der Waals surface area (Å²) >= 11 is 0. The Kier molecular flexibility index (Phi) is 44.0. The molecule has 0 aromatic heterocycles. The van der Waals surface area contributed by atoms with Gasteiger partial charge in [-0.2, -0.15) is 0 Å². The maximum absolute atomic E-state index is 12.5. The Hall–Kier alpha value is -0.910. The average Bonchev–Trinajstić information content (AvgIpc) is 3.18. The second kappa shape index (κ2) is 44.8. The first kappa shape index (κ1) is 53.1. The fourth-order valence-electron chi connectivity index (χ4n) is 7.81. The van der Waals surface area contributed by atoms with Gasteiger partial charge in [0.05, 0.1) is 18.8 Å². The molecule has 3 atom stereocenters. The summed E-state index contributed by atoms with van der Waals surface area (Å²) < 4.78 is 0. The fraction of sp³-hybridized carbons (Fsp3) is 0.939. The largest absolute Gasteiger partial charge is 0.394 e. The molecule has 3 unspecified atom stereocenters. The minimum Gasteiger partial charge on any atom is -0.394 e. The van der Waals surface area contributed by atoms with E-state index in [1.165, 1.54) is 205 Å². The highest BCUT2D eigenvalue weighted by molar-refractivity contribution is 5.76. The van der Waals surface area contributed by atoms with E-state index in [-0.39, 0.29) is 12.5 Å². The standard InChI is InChI=1S/C49H97NO4/c1-3-5-7-9-11-13-15-17-19-21-23-24-26-28-30-32-34-36-38-40-42-44-48(53)50-46(45-51)49(54)47(52)43-41-39-37-35-33-31-29-27-25-22-20-18-16-14-12-10-8-6-4-2/h35,37,46-47,49,51-52,54H,3-34,36,38-45H2,1-2H3,(H,50,53)/b37-35+. The summed E-state index contributed by atoms with van der Waals surface area (Å²) in [5.74, 6) is -0.149. The second-order valence-electron chi connectivity index (χ2n) is 17.0. The fourth-order valence-corrected chi connectivity index (χ4v) is 7.81. The number of allylic oxidation sites excluding steroid dienone is 2. The van der Waals surface area contributed by atoms with Gasteiger partial charge in [-0.1, -0.05) is 238 Å². The van der Waals surface area contributed by atoms with Crippen LogP contribution in [0, 0.1) is 0 Å². The zero-order chi connectivity index (χ0) is 39.4. The van der Waals surface area contributed by atoms with Crippen molar-refractivity contribution in [2.75, 3.05) is 6.61 Å². The molecule has 4 N–H and O–H groups in total. The van der Waals surface area contributed by atoms with Gasteiger partial charge in [0.25, 0.3) is 0 Å². The summed E-state index contributed by atoms with van der Waals surface area (Å²) in [5.41, 5.74) is 0. The predicted molar refractivity (Wildman–Crippen MR) is 236 cm³/mol. The van der Waals surface area contributed by atoms with Crippen LogP contribution in [-0.2, 0) is 4.79 Å². The summed E-state index contributed by atoms with van der Waals surface area (Å²) in [6.45, 7) is 4.20. The lowest BCUT2D eigenvalue weighted by atomic mass is 10.0. The smallest absolute Gasteiger partial charge is 0.220 e. The van der Waals surface area contributed by atoms with E-state index in [0.29, 0.717) is 12.8 Å². The molecule has 1 amide bonds. The zero-order valence-corrected chi connectivity index (χ0v) is 36.6. The molecule has 0 aromatic rings. The van der Waals surface area contributed by atoms with Crippen LogP contribution in [0.4, 0.5) is 0 Å². The van der Waals surface area contributed by atoms with Crippen LogP contribution >= 0.6 is 0 Å². The van der Waals surface area contributed by atoms with Gasteiger partial charge in [-0.3, -0.25) is 4.79 Å². The van der Waals surface area contributed by atoms with Gasteiger partial charge in [0.1, 0.15) is 6.10 Å². The van der Waals surface area contributed by atoms with Gasteiger partial charge in [0, 0.05) is 6.42 Å². The SMILES string of the molecule is CCCCCCCCCCCCCCCC/C=C/CCCC(O)C(O)C(CO)NC(=O)CCCCCCCCCCCCCCCCCCCCCCC. The third-order valence-electron chi connectivity index (χ3n) is 11.6. The van der Waals surface area contributed by atoms with E-state index in [4.69, 9.17) is 0 Å². The molecule has 0 heterocycles. The van der Waals surface area contributed by atoms with Gasteiger partial charge in [0.15, 0.2) is 0 Å². The summed E-state index contributed by atoms with van der Waals surface area (Å²) in [6, 6.07) is -0.821. The van der Waals surface area contributed by atoms with E-state index in [9.17, 15) is 20.1 Å². The highest BCUT2D eigenvalue weighted by Gasteiger charge is 2.26. The van der Waals surface area contributed by atoms with E-state index >= 15 is 0 Å². The highest BCUT2D eigenvalue weighted by Crippen LogP contribution is 2.17. The van der Waals surface area contributed by atoms with Gasteiger partial charge in [0.2, 0.25) is 5.91 Å². The molecule has 0 saturated carbocycles. The highest BCUT2D eigenvalue weighted by atomic mass is 16.3. The second-order valence-corrected chi connectivity index (χ2v) is 17.0. The van der Waals surface area contributed by atoms with E-state index in [1.54, 1.807) is 0 Å². The van der Waals surface area contributed by atoms with Gasteiger partial charge < -0.3 is 20.6 Å². The van der Waals surface area contributed by atoms with Gasteiger partial charge in [-0.25, -0.2) is 0 Å². The molecular formula is C49H97NO4. The van der Waals surface area contributed by atoms with E-state index < -0.39 is 18.2 Å². The number of aliphatic hydroxyl groups excluding tert-OH is 3. The molecule has 0 radical (unpaired) electrons. The van der Waals surface area contributed by atoms with Crippen molar-refractivity contribution >= 4 is 5.91 Å². The summed E-state index contributed by atoms with van der Waals surface area (Å²) in [7, 11) is 0. The lowest BCUT2D eigenvalue weighted by Gasteiger charge is -2.26. The molecule has 0 rings (SSSR count). The molecule has 5 heteroatoms. The Balaban J connectivity index is 3.59. The number of nitrogens with one attached hydrogen (secondary N) is 1. The van der Waals surface area contributed by atoms with Gasteiger partial charge in [-0.15, -0.1) is 0 Å². The quantitative estimate of drug-likeness (QED) is 0.0367. The molecule has 0 aliphatic rings. The average molecular weight is 764 g/mol. The Bertz CT molecular complexity index is 758. The van der Waals surface area contributed by atoms with Crippen LogP contribution in [0.15, 0.2) is 12.2 Å². The van der Waals surface area contributed by atoms with Crippen molar-refractivity contribution in [1.82, 2.24) is 5.32 Å². The number of unbranched alkanes of at least 4 members (excludes halogenated alkanes) is 35. The third-order valence-corrected chi connectivity index (χ3v) is 11.6. The van der Waals surface area contributed by atoms with E-state index in [0.717, 1.165) is 38.5 Å². The minimum absolute atomic E-state index is 0.149. The monoisotopic (exact) mass is 764 g/mol. The third kappa shape index (κ3) is 39.3. The molecule has 0 bridgehead atoms. The van der Waals surface area contributed by atoms with Crippen LogP contribution < -0.4 is 5.32 Å². The summed E-state index contributed by atoms with van der Waals surface area (Å²) in [5, 5.41) is 33.6. The topological polar surface area (TPSA) is 89.8 Å². The first-order valence-corrected chi connectivity index (χ1v) is 24.5. The lowest BCUT2D eigenvalue weighted by Crippen LogP contribution is -2.50. The van der Waals surface area contributed by atoms with Crippen molar-refractivity contribution < 1.29 is 20.1 Å². The number of rotatable bonds is 45. The van der Waals surface area contributed by atoms with Crippen LogP contribution in [0.25, 0.3) is 0 Å². The van der Waals surface area contributed by atoms with E-state index in [2.05, 4.69) is 31.3 Å². The first-order valence-electron chi connectivity index (χ1n) is 24.5. The Morgan fingerprint density at radius 2 is 0.741 bits per heavy atom. The van der Waals surface area contributed by atoms with Crippen molar-refractivity contribution in [1.29, 1.82) is 0 Å². The van der Waals surface area contributed by atoms with Gasteiger partial charge in [-0.05, 0) is 38.5 Å². The number of aliphatic hydroxyl groups is 3. The van der Waals surface area contributed by atoms with Crippen LogP contribution in [-0.4, -0.2) is 46.1 Å². The Morgan fingerprint density at radius 3 is 1.07 bits per heavy atom. The number of amides is 1. The van der Waals surface area contributed by atoms with Crippen LogP contribution in [0.5, 0.6) is 0 Å². The van der Waals surface area contributed by atoms with Crippen molar-refractivity contribution in [3.05, 3.63) is 12.2 Å². The van der Waals surface area contributed by atoms with Crippen molar-refractivity contribution in [2.45, 2.75) is 289 Å². The first-order chi connectivity index (χ1) is 26.6. The van der Waals surface area contributed by atoms with Crippen LogP contribution in [0.1, 0.15) is 271 Å². The van der Waals surface area contributed by atoms with Crippen molar-refractivity contribution in [3.63, 3.8) is 0 Å². The molecule has 0 spiro atoms. The van der Waals surface area contributed by atoms with Gasteiger partial charge >= 0.3 is 0 Å². The van der Waals surface area contributed by atoms with Crippen LogP contribution in [0.3, 0.4) is 0 Å². The molecule has 0 aliphatic carbocycles. The normalized spacial score (nSPS) is 13.5. The maximum atomic E-state index is 12.5. The number of hydrogen-bond acceptors (Lipinski definition) is 4. The number of carbonyl (C=O) groups excluding carboxylic acids is 1. The molecule has 0 aromatic carbocycles. The minimum atomic E-state index is -1.15. The maximum Gasteiger partial charge on any atom is 0.220 e. The van der Waals surface area contributed by atoms with E-state index in [1.807, 2.05) is 0 Å². The summed E-state index contributed by atoms with van der Waals surface area (Å²) in [6.07, 6.45) is 53.4. The molecule has 5 nitrogen and oxygen atoms in total.